The number of anilines is 1. The van der Waals surface area contributed by atoms with Crippen LogP contribution in [0.25, 0.3) is 11.0 Å². The van der Waals surface area contributed by atoms with Crippen molar-refractivity contribution >= 4 is 28.5 Å². The Kier molecular flexibility index (Phi) is 6.59. The maximum Gasteiger partial charge on any atom is 0.375 e. The van der Waals surface area contributed by atoms with E-state index in [2.05, 4.69) is 5.32 Å². The number of amides is 1. The van der Waals surface area contributed by atoms with E-state index in [1.54, 1.807) is 18.2 Å². The predicted octanol–water partition coefficient (Wildman–Crippen LogP) is 5.12. The maximum absolute atomic E-state index is 12.8. The first-order valence-electron chi connectivity index (χ1n) is 10.3. The molecule has 0 saturated heterocycles. The standard InChI is InChI=1S/C26H23NO6/c1-17-12-13-23(30-2)21(14-17)27-24(28)16-32-26(29)25-20(15-31-18-8-4-3-5-9-18)19-10-6-7-11-22(19)33-25/h3-14H,15-16H2,1-2H3,(H,27,28). The minimum Gasteiger partial charge on any atom is -0.495 e. The first-order chi connectivity index (χ1) is 16.0. The van der Waals surface area contributed by atoms with Crippen LogP contribution in [0.3, 0.4) is 0 Å². The van der Waals surface area contributed by atoms with Crippen LogP contribution in [0.1, 0.15) is 21.7 Å². The smallest absolute Gasteiger partial charge is 0.375 e. The van der Waals surface area contributed by atoms with Gasteiger partial charge >= 0.3 is 5.97 Å². The average molecular weight is 445 g/mol. The zero-order chi connectivity index (χ0) is 23.2. The topological polar surface area (TPSA) is 87.0 Å². The second-order valence-electron chi connectivity index (χ2n) is 7.34. The number of hydrogen-bond donors (Lipinski definition) is 1. The van der Waals surface area contributed by atoms with Crippen LogP contribution in [0.2, 0.25) is 0 Å². The molecule has 0 fully saturated rings. The summed E-state index contributed by atoms with van der Waals surface area (Å²) in [6, 6.07) is 21.9. The fourth-order valence-corrected chi connectivity index (χ4v) is 3.38. The molecule has 0 aliphatic carbocycles. The number of benzene rings is 3. The van der Waals surface area contributed by atoms with Gasteiger partial charge < -0.3 is 23.9 Å². The van der Waals surface area contributed by atoms with Gasteiger partial charge in [-0.2, -0.15) is 0 Å². The Bertz CT molecular complexity index is 1280. The van der Waals surface area contributed by atoms with Crippen LogP contribution < -0.4 is 14.8 Å². The quantitative estimate of drug-likeness (QED) is 0.379. The number of hydrogen-bond acceptors (Lipinski definition) is 6. The van der Waals surface area contributed by atoms with E-state index in [0.29, 0.717) is 28.3 Å². The van der Waals surface area contributed by atoms with E-state index < -0.39 is 18.5 Å². The molecule has 3 aromatic carbocycles. The van der Waals surface area contributed by atoms with Crippen molar-refractivity contribution in [3.63, 3.8) is 0 Å². The summed E-state index contributed by atoms with van der Waals surface area (Å²) >= 11 is 0. The fourth-order valence-electron chi connectivity index (χ4n) is 3.38. The van der Waals surface area contributed by atoms with Crippen LogP contribution in [-0.4, -0.2) is 25.6 Å². The number of furan rings is 1. The second-order valence-corrected chi connectivity index (χ2v) is 7.34. The molecule has 33 heavy (non-hydrogen) atoms. The van der Waals surface area contributed by atoms with E-state index in [1.165, 1.54) is 7.11 Å². The summed E-state index contributed by atoms with van der Waals surface area (Å²) in [5, 5.41) is 3.45. The van der Waals surface area contributed by atoms with E-state index in [0.717, 1.165) is 10.9 Å². The lowest BCUT2D eigenvalue weighted by Crippen LogP contribution is -2.21. The van der Waals surface area contributed by atoms with Crippen molar-refractivity contribution in [2.75, 3.05) is 19.0 Å². The lowest BCUT2D eigenvalue weighted by molar-refractivity contribution is -0.119. The highest BCUT2D eigenvalue weighted by atomic mass is 16.5. The molecule has 0 atom stereocenters. The minimum absolute atomic E-state index is 0.00747. The largest absolute Gasteiger partial charge is 0.495 e. The number of para-hydroxylation sites is 2. The molecule has 1 heterocycles. The number of fused-ring (bicyclic) bond motifs is 1. The Morgan fingerprint density at radius 1 is 0.970 bits per heavy atom. The molecule has 7 nitrogen and oxygen atoms in total. The lowest BCUT2D eigenvalue weighted by Gasteiger charge is -2.11. The van der Waals surface area contributed by atoms with Crippen molar-refractivity contribution in [3.05, 3.63) is 89.7 Å². The molecule has 0 aliphatic heterocycles. The normalized spacial score (nSPS) is 10.6. The van der Waals surface area contributed by atoms with E-state index in [1.807, 2.05) is 61.5 Å². The van der Waals surface area contributed by atoms with Crippen molar-refractivity contribution in [3.8, 4) is 11.5 Å². The van der Waals surface area contributed by atoms with Crippen LogP contribution in [-0.2, 0) is 16.1 Å². The highest BCUT2D eigenvalue weighted by Gasteiger charge is 2.23. The van der Waals surface area contributed by atoms with Gasteiger partial charge in [0.15, 0.2) is 6.61 Å². The highest BCUT2D eigenvalue weighted by molar-refractivity contribution is 5.98. The zero-order valence-electron chi connectivity index (χ0n) is 18.3. The summed E-state index contributed by atoms with van der Waals surface area (Å²) in [6.07, 6.45) is 0. The molecule has 4 rings (SSSR count). The van der Waals surface area contributed by atoms with Crippen LogP contribution in [0.15, 0.2) is 77.2 Å². The summed E-state index contributed by atoms with van der Waals surface area (Å²) in [4.78, 5) is 25.2. The molecule has 1 aromatic heterocycles. The number of rotatable bonds is 8. The number of carbonyl (C=O) groups excluding carboxylic acids is 2. The van der Waals surface area contributed by atoms with Crippen molar-refractivity contribution in [2.45, 2.75) is 13.5 Å². The summed E-state index contributed by atoms with van der Waals surface area (Å²) in [6.45, 7) is 1.53. The number of ether oxygens (including phenoxy) is 3. The third-order valence-corrected chi connectivity index (χ3v) is 4.97. The highest BCUT2D eigenvalue weighted by Crippen LogP contribution is 2.28. The number of aryl methyl sites for hydroxylation is 1. The van der Waals surface area contributed by atoms with E-state index in [-0.39, 0.29) is 12.4 Å². The molecule has 7 heteroatoms. The molecule has 0 bridgehead atoms. The van der Waals surface area contributed by atoms with Crippen molar-refractivity contribution < 1.29 is 28.2 Å². The first-order valence-corrected chi connectivity index (χ1v) is 10.3. The lowest BCUT2D eigenvalue weighted by atomic mass is 10.1. The molecular formula is C26H23NO6. The van der Waals surface area contributed by atoms with Gasteiger partial charge in [0.1, 0.15) is 23.7 Å². The first kappa shape index (κ1) is 22.0. The van der Waals surface area contributed by atoms with Gasteiger partial charge in [-0.05, 0) is 42.8 Å². The minimum atomic E-state index is -0.746. The van der Waals surface area contributed by atoms with Gasteiger partial charge in [0.05, 0.1) is 18.4 Å². The van der Waals surface area contributed by atoms with E-state index in [9.17, 15) is 9.59 Å². The third-order valence-electron chi connectivity index (χ3n) is 4.97. The molecule has 0 saturated carbocycles. The van der Waals surface area contributed by atoms with E-state index >= 15 is 0 Å². The molecule has 0 radical (unpaired) electrons. The Morgan fingerprint density at radius 3 is 2.52 bits per heavy atom. The van der Waals surface area contributed by atoms with Gasteiger partial charge in [-0.25, -0.2) is 4.79 Å². The summed E-state index contributed by atoms with van der Waals surface area (Å²) < 4.78 is 22.1. The fraction of sp³-hybridized carbons (Fsp3) is 0.154. The molecule has 0 aliphatic rings. The number of esters is 1. The molecule has 1 N–H and O–H groups in total. The van der Waals surface area contributed by atoms with Crippen LogP contribution >= 0.6 is 0 Å². The van der Waals surface area contributed by atoms with Crippen LogP contribution in [0.4, 0.5) is 5.69 Å². The Morgan fingerprint density at radius 2 is 1.73 bits per heavy atom. The van der Waals surface area contributed by atoms with Crippen LogP contribution in [0.5, 0.6) is 11.5 Å². The number of carbonyl (C=O) groups is 2. The summed E-state index contributed by atoms with van der Waals surface area (Å²) in [5.74, 6) is -0.0609. The Balaban J connectivity index is 1.47. The molecule has 168 valence electrons. The van der Waals surface area contributed by atoms with Gasteiger partial charge in [0.25, 0.3) is 5.91 Å². The molecule has 1 amide bonds. The van der Waals surface area contributed by atoms with Gasteiger partial charge in [-0.1, -0.05) is 42.5 Å². The Labute approximate surface area is 190 Å². The van der Waals surface area contributed by atoms with Crippen molar-refractivity contribution in [1.82, 2.24) is 0 Å². The predicted molar refractivity (Wildman–Crippen MR) is 124 cm³/mol. The van der Waals surface area contributed by atoms with Gasteiger partial charge in [0.2, 0.25) is 5.76 Å². The monoisotopic (exact) mass is 445 g/mol. The number of nitrogens with one attached hydrogen (secondary N) is 1. The van der Waals surface area contributed by atoms with Gasteiger partial charge in [-0.15, -0.1) is 0 Å². The summed E-state index contributed by atoms with van der Waals surface area (Å²) in [7, 11) is 1.51. The zero-order valence-corrected chi connectivity index (χ0v) is 18.3. The Hall–Kier alpha value is -4.26. The second kappa shape index (κ2) is 9.91. The molecule has 0 unspecified atom stereocenters. The van der Waals surface area contributed by atoms with Crippen molar-refractivity contribution in [2.24, 2.45) is 0 Å². The number of methoxy groups -OCH3 is 1. The SMILES string of the molecule is COc1ccc(C)cc1NC(=O)COC(=O)c1oc2ccccc2c1COc1ccccc1. The average Bonchev–Trinajstić information content (AvgIpc) is 3.21. The van der Waals surface area contributed by atoms with Crippen molar-refractivity contribution in [1.29, 1.82) is 0 Å². The maximum atomic E-state index is 12.8. The third kappa shape index (κ3) is 5.15. The molecular weight excluding hydrogens is 422 g/mol. The van der Waals surface area contributed by atoms with Crippen LogP contribution in [0, 0.1) is 6.92 Å². The van der Waals surface area contributed by atoms with Gasteiger partial charge in [-0.3, -0.25) is 4.79 Å². The van der Waals surface area contributed by atoms with Gasteiger partial charge in [0, 0.05) is 5.39 Å². The summed E-state index contributed by atoms with van der Waals surface area (Å²) in [5.41, 5.74) is 2.54. The molecule has 4 aromatic rings. The molecule has 0 spiro atoms. The van der Waals surface area contributed by atoms with E-state index in [4.69, 9.17) is 18.6 Å².